The molecule has 1 fully saturated rings. The largest absolute Gasteiger partial charge is 0.307 e. The van der Waals surface area contributed by atoms with Crippen molar-refractivity contribution in [2.24, 2.45) is 0 Å². The highest BCUT2D eigenvalue weighted by atomic mass is 35.5. The molecule has 1 aliphatic heterocycles. The van der Waals surface area contributed by atoms with Gasteiger partial charge in [-0.05, 0) is 31.4 Å². The van der Waals surface area contributed by atoms with Gasteiger partial charge in [-0.2, -0.15) is 0 Å². The van der Waals surface area contributed by atoms with E-state index in [9.17, 15) is 4.21 Å². The van der Waals surface area contributed by atoms with Gasteiger partial charge in [0, 0.05) is 39.4 Å². The number of halogens is 1. The smallest absolute Gasteiger partial charge is 0.0453 e. The molecule has 0 bridgehead atoms. The van der Waals surface area contributed by atoms with Crippen molar-refractivity contribution in [1.82, 2.24) is 5.32 Å². The van der Waals surface area contributed by atoms with Crippen molar-refractivity contribution in [1.29, 1.82) is 0 Å². The Morgan fingerprint density at radius 3 is 2.65 bits per heavy atom. The Labute approximate surface area is 110 Å². The SMILES string of the molecule is CC(NC1CCS(=O)CC1)c1ccccc1Cl. The van der Waals surface area contributed by atoms with Crippen LogP contribution in [0, 0.1) is 0 Å². The molecule has 0 aromatic heterocycles. The predicted octanol–water partition coefficient (Wildman–Crippen LogP) is 2.90. The van der Waals surface area contributed by atoms with Gasteiger partial charge in [-0.1, -0.05) is 29.8 Å². The van der Waals surface area contributed by atoms with Gasteiger partial charge < -0.3 is 5.32 Å². The summed E-state index contributed by atoms with van der Waals surface area (Å²) in [5.41, 5.74) is 1.14. The third-order valence-electron chi connectivity index (χ3n) is 3.25. The number of benzene rings is 1. The third-order valence-corrected chi connectivity index (χ3v) is 4.97. The van der Waals surface area contributed by atoms with Gasteiger partial charge in [0.15, 0.2) is 0 Å². The van der Waals surface area contributed by atoms with Gasteiger partial charge in [0.2, 0.25) is 0 Å². The van der Waals surface area contributed by atoms with Crippen LogP contribution in [0.25, 0.3) is 0 Å². The first-order valence-electron chi connectivity index (χ1n) is 6.02. The van der Waals surface area contributed by atoms with E-state index in [0.717, 1.165) is 34.9 Å². The average molecular weight is 272 g/mol. The molecule has 4 heteroatoms. The van der Waals surface area contributed by atoms with E-state index in [1.165, 1.54) is 0 Å². The van der Waals surface area contributed by atoms with Gasteiger partial charge in [-0.3, -0.25) is 4.21 Å². The van der Waals surface area contributed by atoms with Crippen LogP contribution in [0.1, 0.15) is 31.4 Å². The molecule has 2 rings (SSSR count). The molecule has 1 saturated heterocycles. The van der Waals surface area contributed by atoms with Crippen molar-refractivity contribution in [3.8, 4) is 0 Å². The lowest BCUT2D eigenvalue weighted by Gasteiger charge is -2.27. The van der Waals surface area contributed by atoms with Crippen molar-refractivity contribution < 1.29 is 4.21 Å². The predicted molar refractivity (Wildman–Crippen MR) is 73.9 cm³/mol. The first-order valence-corrected chi connectivity index (χ1v) is 7.89. The average Bonchev–Trinajstić information content (AvgIpc) is 2.32. The molecule has 1 aliphatic rings. The highest BCUT2D eigenvalue weighted by Gasteiger charge is 2.20. The van der Waals surface area contributed by atoms with E-state index in [1.807, 2.05) is 18.2 Å². The maximum atomic E-state index is 11.3. The zero-order valence-electron chi connectivity index (χ0n) is 9.99. The third kappa shape index (κ3) is 3.54. The van der Waals surface area contributed by atoms with Crippen LogP contribution in [0.15, 0.2) is 24.3 Å². The molecule has 0 radical (unpaired) electrons. The molecule has 0 amide bonds. The number of hydrogen-bond donors (Lipinski definition) is 1. The lowest BCUT2D eigenvalue weighted by atomic mass is 10.1. The minimum Gasteiger partial charge on any atom is -0.307 e. The summed E-state index contributed by atoms with van der Waals surface area (Å²) >= 11 is 6.17. The highest BCUT2D eigenvalue weighted by molar-refractivity contribution is 7.85. The molecule has 2 nitrogen and oxygen atoms in total. The molecule has 94 valence electrons. The molecule has 1 unspecified atom stereocenters. The van der Waals surface area contributed by atoms with E-state index in [1.54, 1.807) is 0 Å². The monoisotopic (exact) mass is 271 g/mol. The lowest BCUT2D eigenvalue weighted by Crippen LogP contribution is -2.37. The summed E-state index contributed by atoms with van der Waals surface area (Å²) in [5.74, 6) is 1.65. The van der Waals surface area contributed by atoms with E-state index in [4.69, 9.17) is 11.6 Å². The second-order valence-corrected chi connectivity index (χ2v) is 6.64. The molecule has 1 N–H and O–H groups in total. The van der Waals surface area contributed by atoms with E-state index in [0.29, 0.717) is 6.04 Å². The van der Waals surface area contributed by atoms with E-state index >= 15 is 0 Å². The van der Waals surface area contributed by atoms with Crippen LogP contribution in [-0.2, 0) is 10.8 Å². The van der Waals surface area contributed by atoms with Crippen LogP contribution in [0.4, 0.5) is 0 Å². The standard InChI is InChI=1S/C13H18ClNOS/c1-10(12-4-2-3-5-13(12)14)15-11-6-8-17(16)9-7-11/h2-5,10-11,15H,6-9H2,1H3. The topological polar surface area (TPSA) is 29.1 Å². The summed E-state index contributed by atoms with van der Waals surface area (Å²) in [5, 5.41) is 4.39. The Balaban J connectivity index is 1.95. The molecule has 17 heavy (non-hydrogen) atoms. The second kappa shape index (κ2) is 5.98. The van der Waals surface area contributed by atoms with Crippen molar-refractivity contribution >= 4 is 22.4 Å². The maximum Gasteiger partial charge on any atom is 0.0453 e. The number of rotatable bonds is 3. The second-order valence-electron chi connectivity index (χ2n) is 4.53. The summed E-state index contributed by atoms with van der Waals surface area (Å²) < 4.78 is 11.3. The maximum absolute atomic E-state index is 11.3. The fourth-order valence-corrected chi connectivity index (χ4v) is 3.83. The van der Waals surface area contributed by atoms with Crippen LogP contribution in [0.3, 0.4) is 0 Å². The van der Waals surface area contributed by atoms with Crippen LogP contribution < -0.4 is 5.32 Å². The van der Waals surface area contributed by atoms with Crippen LogP contribution >= 0.6 is 11.6 Å². The molecule has 0 spiro atoms. The first-order chi connectivity index (χ1) is 8.16. The van der Waals surface area contributed by atoms with Crippen LogP contribution in [0.5, 0.6) is 0 Å². The molecule has 1 aromatic carbocycles. The van der Waals surface area contributed by atoms with Gasteiger partial charge in [-0.15, -0.1) is 0 Å². The Kier molecular flexibility index (Phi) is 4.60. The minimum atomic E-state index is -0.591. The van der Waals surface area contributed by atoms with Crippen molar-refractivity contribution in [2.45, 2.75) is 31.8 Å². The van der Waals surface area contributed by atoms with Crippen LogP contribution in [0.2, 0.25) is 5.02 Å². The molecule has 1 heterocycles. The van der Waals surface area contributed by atoms with Gasteiger partial charge in [-0.25, -0.2) is 0 Å². The van der Waals surface area contributed by atoms with Crippen LogP contribution in [-0.4, -0.2) is 21.8 Å². The molecule has 1 atom stereocenters. The van der Waals surface area contributed by atoms with Crippen molar-refractivity contribution in [3.05, 3.63) is 34.9 Å². The quantitative estimate of drug-likeness (QED) is 0.916. The summed E-state index contributed by atoms with van der Waals surface area (Å²) in [6, 6.07) is 8.66. The molecular weight excluding hydrogens is 254 g/mol. The van der Waals surface area contributed by atoms with E-state index < -0.39 is 10.8 Å². The zero-order valence-corrected chi connectivity index (χ0v) is 11.6. The van der Waals surface area contributed by atoms with E-state index in [2.05, 4.69) is 18.3 Å². The summed E-state index contributed by atoms with van der Waals surface area (Å²) in [6.45, 7) is 2.13. The fraction of sp³-hybridized carbons (Fsp3) is 0.538. The lowest BCUT2D eigenvalue weighted by molar-refractivity contribution is 0.427. The number of nitrogens with one attached hydrogen (secondary N) is 1. The Hall–Kier alpha value is -0.380. The Morgan fingerprint density at radius 1 is 1.35 bits per heavy atom. The summed E-state index contributed by atoms with van der Waals surface area (Å²) in [4.78, 5) is 0. The van der Waals surface area contributed by atoms with Gasteiger partial charge in [0.05, 0.1) is 0 Å². The summed E-state index contributed by atoms with van der Waals surface area (Å²) in [6.07, 6.45) is 2.00. The van der Waals surface area contributed by atoms with Gasteiger partial charge >= 0.3 is 0 Å². The molecular formula is C13H18ClNOS. The zero-order chi connectivity index (χ0) is 12.3. The number of hydrogen-bond acceptors (Lipinski definition) is 2. The first kappa shape index (κ1) is 13.1. The van der Waals surface area contributed by atoms with Crippen molar-refractivity contribution in [3.63, 3.8) is 0 Å². The van der Waals surface area contributed by atoms with Crippen molar-refractivity contribution in [2.75, 3.05) is 11.5 Å². The molecule has 0 saturated carbocycles. The van der Waals surface area contributed by atoms with Gasteiger partial charge in [0.1, 0.15) is 0 Å². The molecule has 1 aromatic rings. The minimum absolute atomic E-state index is 0.250. The molecule has 0 aliphatic carbocycles. The Morgan fingerprint density at radius 2 is 2.00 bits per heavy atom. The van der Waals surface area contributed by atoms with Gasteiger partial charge in [0.25, 0.3) is 0 Å². The normalized spacial score (nSPS) is 26.7. The fourth-order valence-electron chi connectivity index (χ4n) is 2.23. The van der Waals surface area contributed by atoms with E-state index in [-0.39, 0.29) is 6.04 Å². The highest BCUT2D eigenvalue weighted by Crippen LogP contribution is 2.23. The summed E-state index contributed by atoms with van der Waals surface area (Å²) in [7, 11) is -0.591. The Bertz CT molecular complexity index is 400.